The Bertz CT molecular complexity index is 638. The van der Waals surface area contributed by atoms with Gasteiger partial charge in [0.15, 0.2) is 0 Å². The molecular weight excluding hydrogens is 322 g/mol. The molecule has 0 aliphatic carbocycles. The minimum Gasteiger partial charge on any atom is -0.352 e. The second-order valence-electron chi connectivity index (χ2n) is 6.22. The van der Waals surface area contributed by atoms with Gasteiger partial charge in [-0.25, -0.2) is 9.78 Å². The van der Waals surface area contributed by atoms with Crippen molar-refractivity contribution in [3.63, 3.8) is 0 Å². The quantitative estimate of drug-likeness (QED) is 0.926. The molecule has 1 aliphatic heterocycles. The van der Waals surface area contributed by atoms with E-state index in [9.17, 15) is 4.79 Å². The van der Waals surface area contributed by atoms with Crippen molar-refractivity contribution in [2.75, 3.05) is 31.1 Å². The Morgan fingerprint density at radius 1 is 1.25 bits per heavy atom. The van der Waals surface area contributed by atoms with Crippen molar-refractivity contribution in [1.82, 2.24) is 20.2 Å². The first-order valence-electron chi connectivity index (χ1n) is 8.25. The van der Waals surface area contributed by atoms with Crippen molar-refractivity contribution in [2.24, 2.45) is 5.92 Å². The molecule has 7 heteroatoms. The molecule has 0 radical (unpaired) electrons. The maximum absolute atomic E-state index is 12.6. The summed E-state index contributed by atoms with van der Waals surface area (Å²) < 4.78 is 0. The number of carbonyl (C=O) groups excluding carboxylic acids is 1. The first kappa shape index (κ1) is 16.7. The number of rotatable bonds is 4. The van der Waals surface area contributed by atoms with Crippen LogP contribution in [0.15, 0.2) is 36.1 Å². The molecule has 1 atom stereocenters. The predicted molar refractivity (Wildman–Crippen MR) is 96.2 cm³/mol. The third-order valence-electron chi connectivity index (χ3n) is 4.24. The zero-order valence-electron chi connectivity index (χ0n) is 14.1. The molecular formula is C17H23N5OS. The van der Waals surface area contributed by atoms with E-state index in [1.54, 1.807) is 29.9 Å². The molecule has 1 fully saturated rings. The normalized spacial score (nSPS) is 16.3. The molecule has 6 nitrogen and oxygen atoms in total. The second kappa shape index (κ2) is 7.61. The van der Waals surface area contributed by atoms with Crippen LogP contribution in [0.25, 0.3) is 0 Å². The highest BCUT2D eigenvalue weighted by Crippen LogP contribution is 2.26. The lowest BCUT2D eigenvalue weighted by Crippen LogP contribution is -2.52. The number of thiophene rings is 1. The number of aromatic nitrogens is 2. The average molecular weight is 345 g/mol. The zero-order valence-corrected chi connectivity index (χ0v) is 14.9. The Morgan fingerprint density at radius 2 is 2.04 bits per heavy atom. The van der Waals surface area contributed by atoms with E-state index >= 15 is 0 Å². The van der Waals surface area contributed by atoms with Gasteiger partial charge in [-0.3, -0.25) is 4.98 Å². The van der Waals surface area contributed by atoms with Crippen LogP contribution in [0.1, 0.15) is 24.8 Å². The van der Waals surface area contributed by atoms with Crippen LogP contribution < -0.4 is 10.2 Å². The fraction of sp³-hybridized carbons (Fsp3) is 0.471. The van der Waals surface area contributed by atoms with E-state index < -0.39 is 0 Å². The summed E-state index contributed by atoms with van der Waals surface area (Å²) in [5.41, 5.74) is 0. The summed E-state index contributed by atoms with van der Waals surface area (Å²) in [7, 11) is 0. The first-order chi connectivity index (χ1) is 11.6. The Balaban J connectivity index is 1.57. The number of hydrogen-bond acceptors (Lipinski definition) is 5. The van der Waals surface area contributed by atoms with Crippen LogP contribution in [0.2, 0.25) is 0 Å². The van der Waals surface area contributed by atoms with E-state index in [0.717, 1.165) is 18.9 Å². The molecule has 1 unspecified atom stereocenters. The lowest BCUT2D eigenvalue weighted by Gasteiger charge is -2.36. The van der Waals surface area contributed by atoms with Crippen LogP contribution in [-0.4, -0.2) is 47.1 Å². The van der Waals surface area contributed by atoms with E-state index in [1.165, 1.54) is 4.88 Å². The largest absolute Gasteiger partial charge is 0.352 e. The van der Waals surface area contributed by atoms with Gasteiger partial charge in [0.1, 0.15) is 5.82 Å². The van der Waals surface area contributed by atoms with Crippen LogP contribution in [-0.2, 0) is 0 Å². The van der Waals surface area contributed by atoms with E-state index in [4.69, 9.17) is 0 Å². The fourth-order valence-electron chi connectivity index (χ4n) is 2.85. The van der Waals surface area contributed by atoms with Crippen molar-refractivity contribution in [2.45, 2.75) is 19.9 Å². The molecule has 2 amide bonds. The first-order valence-corrected chi connectivity index (χ1v) is 9.13. The summed E-state index contributed by atoms with van der Waals surface area (Å²) in [4.78, 5) is 26.3. The number of anilines is 1. The third-order valence-corrected chi connectivity index (χ3v) is 5.19. The lowest BCUT2D eigenvalue weighted by atomic mass is 10.0. The zero-order chi connectivity index (χ0) is 16.9. The van der Waals surface area contributed by atoms with Crippen molar-refractivity contribution in [1.29, 1.82) is 0 Å². The number of piperazine rings is 1. The van der Waals surface area contributed by atoms with Gasteiger partial charge in [0.25, 0.3) is 0 Å². The number of nitrogens with one attached hydrogen (secondary N) is 1. The van der Waals surface area contributed by atoms with Gasteiger partial charge < -0.3 is 15.1 Å². The van der Waals surface area contributed by atoms with Gasteiger partial charge in [-0.15, -0.1) is 11.3 Å². The monoisotopic (exact) mass is 345 g/mol. The average Bonchev–Trinajstić information content (AvgIpc) is 3.14. The number of nitrogens with zero attached hydrogens (tertiary/aromatic N) is 4. The fourth-order valence-corrected chi connectivity index (χ4v) is 3.80. The van der Waals surface area contributed by atoms with Crippen LogP contribution in [0.5, 0.6) is 0 Å². The van der Waals surface area contributed by atoms with Gasteiger partial charge >= 0.3 is 6.03 Å². The highest BCUT2D eigenvalue weighted by atomic mass is 32.1. The molecule has 3 heterocycles. The second-order valence-corrected chi connectivity index (χ2v) is 7.20. The van der Waals surface area contributed by atoms with Gasteiger partial charge in [-0.1, -0.05) is 19.9 Å². The summed E-state index contributed by atoms with van der Waals surface area (Å²) in [6, 6.07) is 4.19. The Hall–Kier alpha value is -2.15. The molecule has 24 heavy (non-hydrogen) atoms. The third kappa shape index (κ3) is 3.84. The minimum atomic E-state index is 0.0147. The predicted octanol–water partition coefficient (Wildman–Crippen LogP) is 2.77. The molecule has 3 rings (SSSR count). The number of amides is 2. The molecule has 1 aliphatic rings. The molecule has 128 valence electrons. The molecule has 1 N–H and O–H groups in total. The van der Waals surface area contributed by atoms with Crippen LogP contribution in [0.3, 0.4) is 0 Å². The Kier molecular flexibility index (Phi) is 5.30. The molecule has 0 saturated carbocycles. The summed E-state index contributed by atoms with van der Waals surface area (Å²) in [5.74, 6) is 1.23. The van der Waals surface area contributed by atoms with Crippen molar-refractivity contribution in [3.05, 3.63) is 41.0 Å². The van der Waals surface area contributed by atoms with E-state index in [0.29, 0.717) is 19.0 Å². The summed E-state index contributed by atoms with van der Waals surface area (Å²) >= 11 is 1.69. The molecule has 0 bridgehead atoms. The Labute approximate surface area is 146 Å². The van der Waals surface area contributed by atoms with Crippen molar-refractivity contribution in [3.8, 4) is 0 Å². The van der Waals surface area contributed by atoms with Crippen LogP contribution in [0, 0.1) is 5.92 Å². The highest BCUT2D eigenvalue weighted by molar-refractivity contribution is 7.10. The summed E-state index contributed by atoms with van der Waals surface area (Å²) in [6.45, 7) is 7.21. The van der Waals surface area contributed by atoms with Gasteiger partial charge in [0, 0.05) is 43.4 Å². The number of urea groups is 1. The standard InChI is InChI=1S/C17H23N5OS/c1-13(2)16(14-4-3-11-24-14)20-17(23)22-9-7-21(8-10-22)15-12-18-5-6-19-15/h3-6,11-13,16H,7-10H2,1-2H3,(H,20,23). The van der Waals surface area contributed by atoms with E-state index in [2.05, 4.69) is 45.5 Å². The minimum absolute atomic E-state index is 0.0147. The van der Waals surface area contributed by atoms with Gasteiger partial charge in [0.2, 0.25) is 0 Å². The maximum Gasteiger partial charge on any atom is 0.318 e. The molecule has 2 aromatic rings. The van der Waals surface area contributed by atoms with E-state index in [-0.39, 0.29) is 12.1 Å². The van der Waals surface area contributed by atoms with Crippen molar-refractivity contribution >= 4 is 23.2 Å². The SMILES string of the molecule is CC(C)C(NC(=O)N1CCN(c2cnccn2)CC1)c1cccs1. The summed E-state index contributed by atoms with van der Waals surface area (Å²) in [5, 5.41) is 5.25. The van der Waals surface area contributed by atoms with Gasteiger partial charge in [-0.05, 0) is 17.4 Å². The van der Waals surface area contributed by atoms with Gasteiger partial charge in [-0.2, -0.15) is 0 Å². The van der Waals surface area contributed by atoms with E-state index in [1.807, 2.05) is 11.0 Å². The Morgan fingerprint density at radius 3 is 2.62 bits per heavy atom. The smallest absolute Gasteiger partial charge is 0.318 e. The van der Waals surface area contributed by atoms with Crippen LogP contribution >= 0.6 is 11.3 Å². The highest BCUT2D eigenvalue weighted by Gasteiger charge is 2.25. The number of carbonyl (C=O) groups is 1. The molecule has 2 aromatic heterocycles. The number of hydrogen-bond donors (Lipinski definition) is 1. The summed E-state index contributed by atoms with van der Waals surface area (Å²) in [6.07, 6.45) is 5.13. The van der Waals surface area contributed by atoms with Crippen LogP contribution in [0.4, 0.5) is 10.6 Å². The lowest BCUT2D eigenvalue weighted by molar-refractivity contribution is 0.187. The van der Waals surface area contributed by atoms with Gasteiger partial charge in [0.05, 0.1) is 12.2 Å². The topological polar surface area (TPSA) is 61.4 Å². The molecule has 0 aromatic carbocycles. The maximum atomic E-state index is 12.6. The van der Waals surface area contributed by atoms with Crippen molar-refractivity contribution < 1.29 is 4.79 Å². The molecule has 1 saturated heterocycles. The molecule has 0 spiro atoms.